The average Bonchev–Trinajstić information content (AvgIpc) is 2.15. The Hall–Kier alpha value is -0.570. The van der Waals surface area contributed by atoms with Crippen molar-refractivity contribution >= 4 is 11.6 Å². The molecule has 0 spiro atoms. The van der Waals surface area contributed by atoms with Crippen LogP contribution in [0.3, 0.4) is 0 Å². The van der Waals surface area contributed by atoms with E-state index >= 15 is 0 Å². The van der Waals surface area contributed by atoms with E-state index in [0.29, 0.717) is 0 Å². The molecule has 1 aromatic rings. The third kappa shape index (κ3) is 5.07. The summed E-state index contributed by atoms with van der Waals surface area (Å²) in [6.45, 7) is 8.28. The van der Waals surface area contributed by atoms with Gasteiger partial charge in [0.05, 0.1) is 0 Å². The maximum atomic E-state index is 6.17. The lowest BCUT2D eigenvalue weighted by molar-refractivity contribution is 0.222. The first-order valence-corrected chi connectivity index (χ1v) is 6.35. The van der Waals surface area contributed by atoms with Gasteiger partial charge in [-0.05, 0) is 30.2 Å². The van der Waals surface area contributed by atoms with Crippen molar-refractivity contribution in [1.82, 2.24) is 4.90 Å². The first-order chi connectivity index (χ1) is 7.79. The van der Waals surface area contributed by atoms with Crippen LogP contribution in [-0.4, -0.2) is 24.5 Å². The Morgan fingerprint density at radius 2 is 2.00 bits per heavy atom. The molecule has 96 valence electrons. The topological polar surface area (TPSA) is 29.3 Å². The SMILES string of the molecule is CN(Cc1cccc(Cl)c1)CC(N)C(C)(C)C. The van der Waals surface area contributed by atoms with Crippen molar-refractivity contribution in [2.24, 2.45) is 11.1 Å². The summed E-state index contributed by atoms with van der Waals surface area (Å²) in [5, 5.41) is 0.788. The summed E-state index contributed by atoms with van der Waals surface area (Å²) in [7, 11) is 2.09. The predicted octanol–water partition coefficient (Wildman–Crippen LogP) is 3.15. The number of nitrogens with two attached hydrogens (primary N) is 1. The van der Waals surface area contributed by atoms with Crippen LogP contribution in [0.25, 0.3) is 0 Å². The maximum absolute atomic E-state index is 6.17. The molecule has 0 amide bonds. The summed E-state index contributed by atoms with van der Waals surface area (Å²) in [5.74, 6) is 0. The van der Waals surface area contributed by atoms with Gasteiger partial charge in [-0.3, -0.25) is 0 Å². The zero-order valence-electron chi connectivity index (χ0n) is 11.2. The molecule has 0 heterocycles. The minimum atomic E-state index is 0.141. The van der Waals surface area contributed by atoms with Crippen molar-refractivity contribution in [2.45, 2.75) is 33.4 Å². The van der Waals surface area contributed by atoms with Gasteiger partial charge in [0.1, 0.15) is 0 Å². The Morgan fingerprint density at radius 3 is 2.53 bits per heavy atom. The fraction of sp³-hybridized carbons (Fsp3) is 0.571. The number of rotatable bonds is 4. The second-order valence-electron chi connectivity index (χ2n) is 5.80. The molecule has 2 nitrogen and oxygen atoms in total. The van der Waals surface area contributed by atoms with Crippen LogP contribution in [0.15, 0.2) is 24.3 Å². The van der Waals surface area contributed by atoms with Crippen molar-refractivity contribution < 1.29 is 0 Å². The summed E-state index contributed by atoms with van der Waals surface area (Å²) in [5.41, 5.74) is 7.53. The maximum Gasteiger partial charge on any atom is 0.0409 e. The standard InChI is InChI=1S/C14H23ClN2/c1-14(2,3)13(16)10-17(4)9-11-6-5-7-12(15)8-11/h5-8,13H,9-10,16H2,1-4H3. The Balaban J connectivity index is 2.53. The molecule has 0 radical (unpaired) electrons. The van der Waals surface area contributed by atoms with Crippen molar-refractivity contribution in [3.63, 3.8) is 0 Å². The summed E-state index contributed by atoms with van der Waals surface area (Å²) < 4.78 is 0. The molecule has 0 aromatic heterocycles. The summed E-state index contributed by atoms with van der Waals surface area (Å²) in [6, 6.07) is 8.14. The summed E-state index contributed by atoms with van der Waals surface area (Å²) in [6.07, 6.45) is 0. The van der Waals surface area contributed by atoms with Crippen LogP contribution in [0.1, 0.15) is 26.3 Å². The quantitative estimate of drug-likeness (QED) is 0.895. The van der Waals surface area contributed by atoms with Gasteiger partial charge < -0.3 is 10.6 Å². The summed E-state index contributed by atoms with van der Waals surface area (Å²) >= 11 is 5.96. The fourth-order valence-electron chi connectivity index (χ4n) is 1.62. The van der Waals surface area contributed by atoms with Crippen LogP contribution in [0.5, 0.6) is 0 Å². The Kier molecular flexibility index (Phi) is 4.99. The van der Waals surface area contributed by atoms with E-state index in [-0.39, 0.29) is 11.5 Å². The first-order valence-electron chi connectivity index (χ1n) is 5.97. The van der Waals surface area contributed by atoms with Crippen LogP contribution in [0.2, 0.25) is 5.02 Å². The third-order valence-corrected chi connectivity index (χ3v) is 3.20. The highest BCUT2D eigenvalue weighted by Crippen LogP contribution is 2.18. The molecular weight excluding hydrogens is 232 g/mol. The van der Waals surface area contributed by atoms with Crippen molar-refractivity contribution in [3.05, 3.63) is 34.9 Å². The van der Waals surface area contributed by atoms with Crippen LogP contribution in [0.4, 0.5) is 0 Å². The van der Waals surface area contributed by atoms with Crippen molar-refractivity contribution in [2.75, 3.05) is 13.6 Å². The second kappa shape index (κ2) is 5.85. The van der Waals surface area contributed by atoms with Crippen molar-refractivity contribution in [3.8, 4) is 0 Å². The van der Waals surface area contributed by atoms with E-state index in [1.165, 1.54) is 5.56 Å². The second-order valence-corrected chi connectivity index (χ2v) is 6.24. The zero-order chi connectivity index (χ0) is 13.1. The lowest BCUT2D eigenvalue weighted by Crippen LogP contribution is -2.43. The van der Waals surface area contributed by atoms with E-state index in [0.717, 1.165) is 18.1 Å². The van der Waals surface area contributed by atoms with Gasteiger partial charge in [0.25, 0.3) is 0 Å². The van der Waals surface area contributed by atoms with Crippen molar-refractivity contribution in [1.29, 1.82) is 0 Å². The van der Waals surface area contributed by atoms with Gasteiger partial charge in [0.15, 0.2) is 0 Å². The smallest absolute Gasteiger partial charge is 0.0409 e. The van der Waals surface area contributed by atoms with Gasteiger partial charge in [-0.2, -0.15) is 0 Å². The van der Waals surface area contributed by atoms with E-state index < -0.39 is 0 Å². The lowest BCUT2D eigenvalue weighted by Gasteiger charge is -2.31. The van der Waals surface area contributed by atoms with Crippen LogP contribution >= 0.6 is 11.6 Å². The number of nitrogens with zero attached hydrogens (tertiary/aromatic N) is 1. The molecule has 0 saturated heterocycles. The molecule has 0 aliphatic heterocycles. The molecule has 0 fully saturated rings. The molecule has 0 saturated carbocycles. The monoisotopic (exact) mass is 254 g/mol. The normalized spacial score (nSPS) is 14.1. The summed E-state index contributed by atoms with van der Waals surface area (Å²) in [4.78, 5) is 2.24. The Bertz CT molecular complexity index is 357. The highest BCUT2D eigenvalue weighted by molar-refractivity contribution is 6.30. The largest absolute Gasteiger partial charge is 0.326 e. The van der Waals surface area contributed by atoms with E-state index in [4.69, 9.17) is 17.3 Å². The van der Waals surface area contributed by atoms with E-state index in [9.17, 15) is 0 Å². The predicted molar refractivity (Wildman–Crippen MR) is 75.2 cm³/mol. The van der Waals surface area contributed by atoms with Crippen LogP contribution in [-0.2, 0) is 6.54 Å². The van der Waals surface area contributed by atoms with Gasteiger partial charge in [0, 0.05) is 24.2 Å². The Labute approximate surface area is 110 Å². The lowest BCUT2D eigenvalue weighted by atomic mass is 9.87. The molecule has 0 aliphatic rings. The molecule has 0 aliphatic carbocycles. The number of hydrogen-bond donors (Lipinski definition) is 1. The van der Waals surface area contributed by atoms with Gasteiger partial charge in [-0.25, -0.2) is 0 Å². The molecule has 1 rings (SSSR count). The van der Waals surface area contributed by atoms with E-state index in [2.05, 4.69) is 38.8 Å². The molecular formula is C14H23ClN2. The molecule has 2 N–H and O–H groups in total. The molecule has 1 atom stereocenters. The van der Waals surface area contributed by atoms with Gasteiger partial charge >= 0.3 is 0 Å². The highest BCUT2D eigenvalue weighted by Gasteiger charge is 2.21. The Morgan fingerprint density at radius 1 is 1.35 bits per heavy atom. The number of halogens is 1. The van der Waals surface area contributed by atoms with Gasteiger partial charge in [0.2, 0.25) is 0 Å². The molecule has 1 aromatic carbocycles. The van der Waals surface area contributed by atoms with E-state index in [1.54, 1.807) is 0 Å². The van der Waals surface area contributed by atoms with Gasteiger partial charge in [-0.15, -0.1) is 0 Å². The number of hydrogen-bond acceptors (Lipinski definition) is 2. The van der Waals surface area contributed by atoms with Crippen LogP contribution in [0, 0.1) is 5.41 Å². The highest BCUT2D eigenvalue weighted by atomic mass is 35.5. The molecule has 1 unspecified atom stereocenters. The third-order valence-electron chi connectivity index (χ3n) is 2.96. The average molecular weight is 255 g/mol. The number of likely N-dealkylation sites (N-methyl/N-ethyl adjacent to an activating group) is 1. The van der Waals surface area contributed by atoms with Crippen LogP contribution < -0.4 is 5.73 Å². The fourth-order valence-corrected chi connectivity index (χ4v) is 1.83. The molecule has 0 bridgehead atoms. The van der Waals surface area contributed by atoms with E-state index in [1.807, 2.05) is 18.2 Å². The minimum Gasteiger partial charge on any atom is -0.326 e. The number of benzene rings is 1. The minimum absolute atomic E-state index is 0.141. The molecule has 17 heavy (non-hydrogen) atoms. The molecule has 3 heteroatoms. The zero-order valence-corrected chi connectivity index (χ0v) is 12.0. The van der Waals surface area contributed by atoms with Gasteiger partial charge in [-0.1, -0.05) is 44.5 Å². The first kappa shape index (κ1) is 14.5.